The Morgan fingerprint density at radius 1 is 1.07 bits per heavy atom. The largest absolute Gasteiger partial charge is 0.462 e. The molecule has 2 amide bonds. The molecular weight excluding hydrogens is 344 g/mol. The van der Waals surface area contributed by atoms with Crippen molar-refractivity contribution in [1.29, 1.82) is 0 Å². The van der Waals surface area contributed by atoms with E-state index in [0.29, 0.717) is 24.4 Å². The van der Waals surface area contributed by atoms with Gasteiger partial charge in [0.1, 0.15) is 6.54 Å². The van der Waals surface area contributed by atoms with Crippen molar-refractivity contribution in [3.05, 3.63) is 65.2 Å². The molecule has 0 fully saturated rings. The van der Waals surface area contributed by atoms with E-state index in [4.69, 9.17) is 4.74 Å². The molecule has 0 heterocycles. The highest BCUT2D eigenvalue weighted by Gasteiger charge is 2.15. The molecule has 2 aromatic carbocycles. The number of nitrogens with one attached hydrogen (secondary N) is 1. The van der Waals surface area contributed by atoms with Crippen molar-refractivity contribution in [3.8, 4) is 0 Å². The monoisotopic (exact) mass is 368 g/mol. The van der Waals surface area contributed by atoms with Crippen molar-refractivity contribution < 1.29 is 19.1 Å². The van der Waals surface area contributed by atoms with Gasteiger partial charge in [0.05, 0.1) is 12.2 Å². The molecule has 27 heavy (non-hydrogen) atoms. The number of rotatable bonds is 7. The zero-order valence-electron chi connectivity index (χ0n) is 15.8. The molecule has 142 valence electrons. The molecule has 1 N–H and O–H groups in total. The summed E-state index contributed by atoms with van der Waals surface area (Å²) in [7, 11) is 0. The fourth-order valence-corrected chi connectivity index (χ4v) is 2.59. The van der Waals surface area contributed by atoms with Crippen LogP contribution in [0.4, 0.5) is 5.69 Å². The van der Waals surface area contributed by atoms with E-state index < -0.39 is 5.97 Å². The summed E-state index contributed by atoms with van der Waals surface area (Å²) in [5, 5.41) is 2.74. The van der Waals surface area contributed by atoms with Crippen molar-refractivity contribution >= 4 is 23.5 Å². The number of esters is 1. The van der Waals surface area contributed by atoms with Crippen molar-refractivity contribution in [1.82, 2.24) is 4.90 Å². The lowest BCUT2D eigenvalue weighted by Gasteiger charge is -2.21. The first kappa shape index (κ1) is 20.2. The molecule has 0 aliphatic rings. The van der Waals surface area contributed by atoms with Gasteiger partial charge < -0.3 is 15.0 Å². The third-order valence-corrected chi connectivity index (χ3v) is 3.92. The van der Waals surface area contributed by atoms with E-state index in [1.165, 1.54) is 11.8 Å². The highest BCUT2D eigenvalue weighted by atomic mass is 16.5. The SMILES string of the molecule is CCOC(=O)c1ccc(NC(=O)CN(Cc2cccc(C)c2)C(C)=O)cc1. The minimum atomic E-state index is -0.406. The van der Waals surface area contributed by atoms with Crippen LogP contribution >= 0.6 is 0 Å². The second-order valence-electron chi connectivity index (χ2n) is 6.21. The van der Waals surface area contributed by atoms with Gasteiger partial charge in [0.25, 0.3) is 0 Å². The zero-order valence-corrected chi connectivity index (χ0v) is 15.8. The van der Waals surface area contributed by atoms with Gasteiger partial charge in [-0.3, -0.25) is 9.59 Å². The Labute approximate surface area is 159 Å². The van der Waals surface area contributed by atoms with E-state index in [1.54, 1.807) is 31.2 Å². The van der Waals surface area contributed by atoms with Gasteiger partial charge in [-0.05, 0) is 43.7 Å². The zero-order chi connectivity index (χ0) is 19.8. The van der Waals surface area contributed by atoms with Gasteiger partial charge in [-0.1, -0.05) is 29.8 Å². The van der Waals surface area contributed by atoms with Gasteiger partial charge in [0.15, 0.2) is 0 Å². The second-order valence-corrected chi connectivity index (χ2v) is 6.21. The standard InChI is InChI=1S/C21H24N2O4/c1-4-27-21(26)18-8-10-19(11-9-18)22-20(25)14-23(16(3)24)13-17-7-5-6-15(2)12-17/h5-12H,4,13-14H2,1-3H3,(H,22,25). The number of amides is 2. The average molecular weight is 368 g/mol. The molecule has 0 spiro atoms. The minimum absolute atomic E-state index is 0.0527. The van der Waals surface area contributed by atoms with Gasteiger partial charge in [0, 0.05) is 19.2 Å². The molecule has 0 aromatic heterocycles. The molecule has 6 heteroatoms. The molecule has 0 radical (unpaired) electrons. The first-order valence-electron chi connectivity index (χ1n) is 8.77. The van der Waals surface area contributed by atoms with Crippen LogP contribution in [0.3, 0.4) is 0 Å². The summed E-state index contributed by atoms with van der Waals surface area (Å²) in [6.45, 7) is 5.78. The number of nitrogens with zero attached hydrogens (tertiary/aromatic N) is 1. The second kappa shape index (κ2) is 9.52. The fraction of sp³-hybridized carbons (Fsp3) is 0.286. The summed E-state index contributed by atoms with van der Waals surface area (Å²) in [6.07, 6.45) is 0. The van der Waals surface area contributed by atoms with Crippen LogP contribution in [0.25, 0.3) is 0 Å². The van der Waals surface area contributed by atoms with Gasteiger partial charge in [-0.15, -0.1) is 0 Å². The summed E-state index contributed by atoms with van der Waals surface area (Å²) in [5.74, 6) is -0.887. The smallest absolute Gasteiger partial charge is 0.338 e. The lowest BCUT2D eigenvalue weighted by atomic mass is 10.1. The van der Waals surface area contributed by atoms with E-state index >= 15 is 0 Å². The molecule has 2 rings (SSSR count). The fourth-order valence-electron chi connectivity index (χ4n) is 2.59. The maximum Gasteiger partial charge on any atom is 0.338 e. The minimum Gasteiger partial charge on any atom is -0.462 e. The van der Waals surface area contributed by atoms with Gasteiger partial charge in [-0.25, -0.2) is 4.79 Å². The lowest BCUT2D eigenvalue weighted by Crippen LogP contribution is -2.36. The predicted octanol–water partition coefficient (Wildman–Crippen LogP) is 3.16. The summed E-state index contributed by atoms with van der Waals surface area (Å²) in [4.78, 5) is 37.3. The topological polar surface area (TPSA) is 75.7 Å². The summed E-state index contributed by atoms with van der Waals surface area (Å²) in [6, 6.07) is 14.2. The van der Waals surface area contributed by atoms with Crippen LogP contribution in [0.2, 0.25) is 0 Å². The summed E-state index contributed by atoms with van der Waals surface area (Å²) >= 11 is 0. The number of ether oxygens (including phenoxy) is 1. The normalized spacial score (nSPS) is 10.2. The molecular formula is C21H24N2O4. The number of hydrogen-bond donors (Lipinski definition) is 1. The predicted molar refractivity (Wildman–Crippen MR) is 103 cm³/mol. The molecule has 0 saturated carbocycles. The van der Waals surface area contributed by atoms with Crippen LogP contribution in [0.5, 0.6) is 0 Å². The average Bonchev–Trinajstić information content (AvgIpc) is 2.62. The highest BCUT2D eigenvalue weighted by Crippen LogP contribution is 2.12. The summed E-state index contributed by atoms with van der Waals surface area (Å²) < 4.78 is 4.92. The van der Waals surface area contributed by atoms with Gasteiger partial charge in [-0.2, -0.15) is 0 Å². The van der Waals surface area contributed by atoms with E-state index in [2.05, 4.69) is 5.32 Å². The van der Waals surface area contributed by atoms with E-state index in [-0.39, 0.29) is 18.4 Å². The van der Waals surface area contributed by atoms with Crippen LogP contribution in [-0.2, 0) is 20.9 Å². The maximum absolute atomic E-state index is 12.3. The molecule has 6 nitrogen and oxygen atoms in total. The molecule has 0 bridgehead atoms. The Hall–Kier alpha value is -3.15. The Kier molecular flexibility index (Phi) is 7.11. The van der Waals surface area contributed by atoms with E-state index in [1.807, 2.05) is 31.2 Å². The van der Waals surface area contributed by atoms with Crippen molar-refractivity contribution in [2.24, 2.45) is 0 Å². The van der Waals surface area contributed by atoms with E-state index in [0.717, 1.165) is 11.1 Å². The number of hydrogen-bond acceptors (Lipinski definition) is 4. The van der Waals surface area contributed by atoms with Gasteiger partial charge >= 0.3 is 5.97 Å². The Morgan fingerprint density at radius 3 is 2.37 bits per heavy atom. The maximum atomic E-state index is 12.3. The Bertz CT molecular complexity index is 815. The molecule has 0 atom stereocenters. The summed E-state index contributed by atoms with van der Waals surface area (Å²) in [5.41, 5.74) is 3.03. The number of carbonyl (C=O) groups is 3. The third-order valence-electron chi connectivity index (χ3n) is 3.92. The number of anilines is 1. The number of carbonyl (C=O) groups excluding carboxylic acids is 3. The van der Waals surface area contributed by atoms with Crippen molar-refractivity contribution in [3.63, 3.8) is 0 Å². The van der Waals surface area contributed by atoms with Crippen LogP contribution < -0.4 is 5.32 Å². The first-order chi connectivity index (χ1) is 12.9. The number of aryl methyl sites for hydroxylation is 1. The van der Waals surface area contributed by atoms with Crippen molar-refractivity contribution in [2.45, 2.75) is 27.3 Å². The van der Waals surface area contributed by atoms with Crippen LogP contribution in [-0.4, -0.2) is 35.8 Å². The Balaban J connectivity index is 1.97. The first-order valence-corrected chi connectivity index (χ1v) is 8.77. The molecule has 0 saturated heterocycles. The Morgan fingerprint density at radius 2 is 1.78 bits per heavy atom. The molecule has 0 aliphatic heterocycles. The van der Waals surface area contributed by atoms with Crippen LogP contribution in [0, 0.1) is 6.92 Å². The highest BCUT2D eigenvalue weighted by molar-refractivity contribution is 5.95. The number of benzene rings is 2. The van der Waals surface area contributed by atoms with Crippen molar-refractivity contribution in [2.75, 3.05) is 18.5 Å². The van der Waals surface area contributed by atoms with Gasteiger partial charge in [0.2, 0.25) is 11.8 Å². The van der Waals surface area contributed by atoms with Crippen LogP contribution in [0.1, 0.15) is 35.3 Å². The van der Waals surface area contributed by atoms with Crippen LogP contribution in [0.15, 0.2) is 48.5 Å². The molecule has 0 aliphatic carbocycles. The quantitative estimate of drug-likeness (QED) is 0.762. The van der Waals surface area contributed by atoms with E-state index in [9.17, 15) is 14.4 Å². The third kappa shape index (κ3) is 6.26. The molecule has 0 unspecified atom stereocenters. The molecule has 2 aromatic rings. The lowest BCUT2D eigenvalue weighted by molar-refractivity contribution is -0.133.